The standard InChI is InChI=1S/C18H17ClFN3O4/c19-12-3-2-11(8-13(12)20)22-17(24)18(25)23-14(5-6-21)10-1-4-15-16(7-10)27-9-26-15/h1-4,7-8,14H,5-6,9,21H2,(H,22,24)(H,23,25). The van der Waals surface area contributed by atoms with Crippen LogP contribution in [-0.2, 0) is 9.59 Å². The summed E-state index contributed by atoms with van der Waals surface area (Å²) in [4.78, 5) is 24.4. The first-order chi connectivity index (χ1) is 13.0. The summed E-state index contributed by atoms with van der Waals surface area (Å²) in [5, 5.41) is 4.87. The molecule has 1 aliphatic rings. The van der Waals surface area contributed by atoms with Gasteiger partial charge in [-0.05, 0) is 48.9 Å². The van der Waals surface area contributed by atoms with Gasteiger partial charge in [0.25, 0.3) is 0 Å². The molecule has 0 fully saturated rings. The summed E-state index contributed by atoms with van der Waals surface area (Å²) in [6.45, 7) is 0.427. The molecule has 0 saturated carbocycles. The Kier molecular flexibility index (Phi) is 5.78. The zero-order valence-corrected chi connectivity index (χ0v) is 14.9. The van der Waals surface area contributed by atoms with Crippen molar-refractivity contribution in [2.75, 3.05) is 18.7 Å². The Labute approximate surface area is 159 Å². The second-order valence-corrected chi connectivity index (χ2v) is 6.21. The van der Waals surface area contributed by atoms with Crippen LogP contribution in [0.15, 0.2) is 36.4 Å². The first-order valence-electron chi connectivity index (χ1n) is 8.14. The molecule has 142 valence electrons. The second kappa shape index (κ2) is 8.24. The Balaban J connectivity index is 1.69. The molecule has 0 bridgehead atoms. The predicted molar refractivity (Wildman–Crippen MR) is 97.2 cm³/mol. The van der Waals surface area contributed by atoms with Crippen LogP contribution in [0.1, 0.15) is 18.0 Å². The van der Waals surface area contributed by atoms with E-state index in [1.165, 1.54) is 12.1 Å². The van der Waals surface area contributed by atoms with Gasteiger partial charge in [-0.3, -0.25) is 9.59 Å². The summed E-state index contributed by atoms with van der Waals surface area (Å²) in [5.41, 5.74) is 6.47. The molecule has 3 rings (SSSR count). The number of ether oxygens (including phenoxy) is 2. The van der Waals surface area contributed by atoms with E-state index in [1.807, 2.05) is 0 Å². The van der Waals surface area contributed by atoms with Crippen LogP contribution in [0.4, 0.5) is 10.1 Å². The van der Waals surface area contributed by atoms with Gasteiger partial charge >= 0.3 is 11.8 Å². The van der Waals surface area contributed by atoms with Crippen molar-refractivity contribution in [1.82, 2.24) is 5.32 Å². The van der Waals surface area contributed by atoms with E-state index < -0.39 is 23.7 Å². The zero-order valence-electron chi connectivity index (χ0n) is 14.1. The van der Waals surface area contributed by atoms with Gasteiger partial charge in [0, 0.05) is 5.69 Å². The van der Waals surface area contributed by atoms with Crippen LogP contribution < -0.4 is 25.8 Å². The lowest BCUT2D eigenvalue weighted by molar-refractivity contribution is -0.136. The number of hydrogen-bond acceptors (Lipinski definition) is 5. The monoisotopic (exact) mass is 393 g/mol. The van der Waals surface area contributed by atoms with Gasteiger partial charge in [-0.25, -0.2) is 4.39 Å². The number of amides is 2. The highest BCUT2D eigenvalue weighted by molar-refractivity contribution is 6.39. The lowest BCUT2D eigenvalue weighted by Crippen LogP contribution is -2.38. The number of carbonyl (C=O) groups is 2. The van der Waals surface area contributed by atoms with Crippen molar-refractivity contribution in [3.05, 3.63) is 52.8 Å². The van der Waals surface area contributed by atoms with Crippen molar-refractivity contribution < 1.29 is 23.5 Å². The van der Waals surface area contributed by atoms with Crippen LogP contribution in [0.3, 0.4) is 0 Å². The maximum absolute atomic E-state index is 13.5. The first-order valence-corrected chi connectivity index (χ1v) is 8.52. The largest absolute Gasteiger partial charge is 0.454 e. The third kappa shape index (κ3) is 4.47. The average Bonchev–Trinajstić information content (AvgIpc) is 3.12. The van der Waals surface area contributed by atoms with Crippen LogP contribution in [0, 0.1) is 5.82 Å². The van der Waals surface area contributed by atoms with Crippen molar-refractivity contribution in [2.24, 2.45) is 5.73 Å². The van der Waals surface area contributed by atoms with Gasteiger partial charge < -0.3 is 25.8 Å². The fourth-order valence-corrected chi connectivity index (χ4v) is 2.72. The number of hydrogen-bond donors (Lipinski definition) is 3. The summed E-state index contributed by atoms with van der Waals surface area (Å²) >= 11 is 5.59. The van der Waals surface area contributed by atoms with E-state index in [4.69, 9.17) is 26.8 Å². The molecule has 9 heteroatoms. The predicted octanol–water partition coefficient (Wildman–Crippen LogP) is 2.35. The lowest BCUT2D eigenvalue weighted by Gasteiger charge is -2.18. The van der Waals surface area contributed by atoms with Crippen molar-refractivity contribution in [2.45, 2.75) is 12.5 Å². The van der Waals surface area contributed by atoms with Gasteiger partial charge in [0.2, 0.25) is 6.79 Å². The minimum absolute atomic E-state index is 0.0803. The Morgan fingerprint density at radius 1 is 1.15 bits per heavy atom. The third-order valence-electron chi connectivity index (χ3n) is 3.94. The summed E-state index contributed by atoms with van der Waals surface area (Å²) in [5.74, 6) is -1.33. The Morgan fingerprint density at radius 3 is 2.67 bits per heavy atom. The van der Waals surface area contributed by atoms with Gasteiger partial charge in [0.15, 0.2) is 11.5 Å². The van der Waals surface area contributed by atoms with Gasteiger partial charge in [-0.2, -0.15) is 0 Å². The summed E-state index contributed by atoms with van der Waals surface area (Å²) in [7, 11) is 0. The number of fused-ring (bicyclic) bond motifs is 1. The first kappa shape index (κ1) is 18.9. The Hall–Kier alpha value is -2.84. The molecule has 4 N–H and O–H groups in total. The van der Waals surface area contributed by atoms with Crippen molar-refractivity contribution >= 4 is 29.1 Å². The lowest BCUT2D eigenvalue weighted by atomic mass is 10.0. The van der Waals surface area contributed by atoms with E-state index in [1.54, 1.807) is 18.2 Å². The maximum atomic E-state index is 13.5. The summed E-state index contributed by atoms with van der Waals surface area (Å²) < 4.78 is 24.0. The van der Waals surface area contributed by atoms with E-state index in [-0.39, 0.29) is 17.5 Å². The molecule has 2 aromatic carbocycles. The van der Waals surface area contributed by atoms with Crippen molar-refractivity contribution in [3.63, 3.8) is 0 Å². The molecule has 0 radical (unpaired) electrons. The molecule has 1 atom stereocenters. The Morgan fingerprint density at radius 2 is 1.93 bits per heavy atom. The van der Waals surface area contributed by atoms with E-state index >= 15 is 0 Å². The molecule has 1 heterocycles. The van der Waals surface area contributed by atoms with E-state index in [9.17, 15) is 14.0 Å². The maximum Gasteiger partial charge on any atom is 0.313 e. The topological polar surface area (TPSA) is 103 Å². The molecule has 2 amide bonds. The molecule has 0 saturated heterocycles. The van der Waals surface area contributed by atoms with Crippen LogP contribution in [0.2, 0.25) is 5.02 Å². The summed E-state index contributed by atoms with van der Waals surface area (Å²) in [6.07, 6.45) is 0.411. The van der Waals surface area contributed by atoms with Crippen molar-refractivity contribution in [3.8, 4) is 11.5 Å². The fraction of sp³-hybridized carbons (Fsp3) is 0.222. The van der Waals surface area contributed by atoms with Gasteiger partial charge in [0.1, 0.15) is 5.82 Å². The van der Waals surface area contributed by atoms with Crippen LogP contribution >= 0.6 is 11.6 Å². The molecule has 0 aromatic heterocycles. The zero-order chi connectivity index (χ0) is 19.4. The van der Waals surface area contributed by atoms with E-state index in [0.29, 0.717) is 24.5 Å². The molecule has 1 aliphatic heterocycles. The third-order valence-corrected chi connectivity index (χ3v) is 4.25. The van der Waals surface area contributed by atoms with Crippen molar-refractivity contribution in [1.29, 1.82) is 0 Å². The molecule has 0 aliphatic carbocycles. The fourth-order valence-electron chi connectivity index (χ4n) is 2.60. The molecule has 1 unspecified atom stereocenters. The van der Waals surface area contributed by atoms with Crippen LogP contribution in [0.25, 0.3) is 0 Å². The molecule has 7 nitrogen and oxygen atoms in total. The number of rotatable bonds is 5. The molecular weight excluding hydrogens is 377 g/mol. The molecule has 0 spiro atoms. The average molecular weight is 394 g/mol. The number of anilines is 1. The second-order valence-electron chi connectivity index (χ2n) is 5.80. The number of nitrogens with one attached hydrogen (secondary N) is 2. The normalized spacial score (nSPS) is 13.1. The van der Waals surface area contributed by atoms with E-state index in [2.05, 4.69) is 10.6 Å². The van der Waals surface area contributed by atoms with Gasteiger partial charge in [-0.1, -0.05) is 17.7 Å². The highest BCUT2D eigenvalue weighted by Crippen LogP contribution is 2.34. The van der Waals surface area contributed by atoms with Crippen LogP contribution in [0.5, 0.6) is 11.5 Å². The smallest absolute Gasteiger partial charge is 0.313 e. The summed E-state index contributed by atoms with van der Waals surface area (Å²) in [6, 6.07) is 8.44. The molecular formula is C18H17ClFN3O4. The minimum Gasteiger partial charge on any atom is -0.454 e. The molecule has 2 aromatic rings. The van der Waals surface area contributed by atoms with Gasteiger partial charge in [-0.15, -0.1) is 0 Å². The van der Waals surface area contributed by atoms with Gasteiger partial charge in [0.05, 0.1) is 11.1 Å². The Bertz CT molecular complexity index is 878. The van der Waals surface area contributed by atoms with E-state index in [0.717, 1.165) is 11.6 Å². The minimum atomic E-state index is -0.931. The number of halogens is 2. The number of carbonyl (C=O) groups excluding carboxylic acids is 2. The van der Waals surface area contributed by atoms with Crippen LogP contribution in [-0.4, -0.2) is 25.2 Å². The highest BCUT2D eigenvalue weighted by atomic mass is 35.5. The number of nitrogens with two attached hydrogens (primary N) is 1. The SMILES string of the molecule is NCCC(NC(=O)C(=O)Nc1ccc(Cl)c(F)c1)c1ccc2c(c1)OCO2. The highest BCUT2D eigenvalue weighted by Gasteiger charge is 2.22. The molecule has 27 heavy (non-hydrogen) atoms. The number of benzene rings is 2. The quantitative estimate of drug-likeness (QED) is 0.677.